The predicted molar refractivity (Wildman–Crippen MR) is 96.1 cm³/mol. The van der Waals surface area contributed by atoms with Crippen LogP contribution in [-0.2, 0) is 6.18 Å². The molecule has 142 valence electrons. The molecule has 0 spiro atoms. The minimum absolute atomic E-state index is 0.225. The van der Waals surface area contributed by atoms with E-state index in [9.17, 15) is 17.6 Å². The highest BCUT2D eigenvalue weighted by molar-refractivity contribution is 5.78. The van der Waals surface area contributed by atoms with Gasteiger partial charge in [-0.1, -0.05) is 6.07 Å². The number of imidazole rings is 1. The molecule has 0 amide bonds. The number of nitrogens with zero attached hydrogens (tertiary/aromatic N) is 4. The third-order valence-electron chi connectivity index (χ3n) is 4.14. The van der Waals surface area contributed by atoms with Gasteiger partial charge in [0.05, 0.1) is 23.5 Å². The van der Waals surface area contributed by atoms with Crippen molar-refractivity contribution < 1.29 is 17.6 Å². The van der Waals surface area contributed by atoms with E-state index >= 15 is 0 Å². The van der Waals surface area contributed by atoms with E-state index in [0.717, 1.165) is 12.1 Å². The van der Waals surface area contributed by atoms with Gasteiger partial charge in [0.1, 0.15) is 11.3 Å². The Balaban J connectivity index is 1.68. The summed E-state index contributed by atoms with van der Waals surface area (Å²) in [5, 5.41) is 2.92. The Morgan fingerprint density at radius 3 is 2.43 bits per heavy atom. The molecular formula is C19H13F4N5. The van der Waals surface area contributed by atoms with Gasteiger partial charge in [0, 0.05) is 5.69 Å². The highest BCUT2D eigenvalue weighted by Crippen LogP contribution is 2.30. The SMILES string of the molecule is Cc1nc2c(F)cccc2n1-c1cncc(Nc2ccc(C(F)(F)F)cc2)n1. The summed E-state index contributed by atoms with van der Waals surface area (Å²) in [7, 11) is 0. The van der Waals surface area contributed by atoms with Gasteiger partial charge in [0.25, 0.3) is 0 Å². The van der Waals surface area contributed by atoms with Gasteiger partial charge in [0.2, 0.25) is 0 Å². The van der Waals surface area contributed by atoms with Crippen LogP contribution in [0.4, 0.5) is 29.1 Å². The number of benzene rings is 2. The van der Waals surface area contributed by atoms with Crippen molar-refractivity contribution >= 4 is 22.5 Å². The lowest BCUT2D eigenvalue weighted by Crippen LogP contribution is -2.05. The largest absolute Gasteiger partial charge is 0.416 e. The molecule has 0 bridgehead atoms. The van der Waals surface area contributed by atoms with Gasteiger partial charge in [0.15, 0.2) is 17.5 Å². The zero-order chi connectivity index (χ0) is 19.9. The van der Waals surface area contributed by atoms with Gasteiger partial charge in [-0.05, 0) is 43.3 Å². The molecule has 0 fully saturated rings. The number of halogens is 4. The van der Waals surface area contributed by atoms with Crippen LogP contribution in [0.3, 0.4) is 0 Å². The molecule has 28 heavy (non-hydrogen) atoms. The molecule has 0 atom stereocenters. The molecular weight excluding hydrogens is 374 g/mol. The Hall–Kier alpha value is -3.49. The first kappa shape index (κ1) is 17.9. The summed E-state index contributed by atoms with van der Waals surface area (Å²) in [5.74, 6) is 0.824. The molecule has 0 aliphatic carbocycles. The lowest BCUT2D eigenvalue weighted by atomic mass is 10.2. The number of nitrogens with one attached hydrogen (secondary N) is 1. The molecule has 1 N–H and O–H groups in total. The van der Waals surface area contributed by atoms with E-state index in [1.165, 1.54) is 30.6 Å². The highest BCUT2D eigenvalue weighted by atomic mass is 19.4. The van der Waals surface area contributed by atoms with E-state index in [2.05, 4.69) is 20.3 Å². The maximum absolute atomic E-state index is 14.0. The van der Waals surface area contributed by atoms with Crippen molar-refractivity contribution in [1.82, 2.24) is 19.5 Å². The summed E-state index contributed by atoms with van der Waals surface area (Å²) in [4.78, 5) is 12.8. The molecule has 0 aliphatic heterocycles. The maximum Gasteiger partial charge on any atom is 0.416 e. The van der Waals surface area contributed by atoms with Crippen molar-refractivity contribution in [3.63, 3.8) is 0 Å². The second-order valence-electron chi connectivity index (χ2n) is 6.06. The molecule has 0 saturated heterocycles. The maximum atomic E-state index is 14.0. The van der Waals surface area contributed by atoms with Crippen molar-refractivity contribution in [3.8, 4) is 5.82 Å². The monoisotopic (exact) mass is 387 g/mol. The van der Waals surface area contributed by atoms with Crippen LogP contribution >= 0.6 is 0 Å². The first-order chi connectivity index (χ1) is 13.3. The smallest absolute Gasteiger partial charge is 0.339 e. The average Bonchev–Trinajstić information content (AvgIpc) is 2.99. The van der Waals surface area contributed by atoms with Crippen molar-refractivity contribution in [2.45, 2.75) is 13.1 Å². The summed E-state index contributed by atoms with van der Waals surface area (Å²) in [6.07, 6.45) is -1.46. The van der Waals surface area contributed by atoms with Crippen LogP contribution in [0, 0.1) is 12.7 Å². The number of para-hydroxylation sites is 1. The lowest BCUT2D eigenvalue weighted by molar-refractivity contribution is -0.137. The molecule has 0 saturated carbocycles. The number of alkyl halides is 3. The Labute approximate surface area is 156 Å². The molecule has 9 heteroatoms. The third-order valence-corrected chi connectivity index (χ3v) is 4.14. The molecule has 0 unspecified atom stereocenters. The van der Waals surface area contributed by atoms with E-state index in [1.807, 2.05) is 0 Å². The summed E-state index contributed by atoms with van der Waals surface area (Å²) in [5.41, 5.74) is 0.458. The summed E-state index contributed by atoms with van der Waals surface area (Å²) < 4.78 is 53.6. The molecule has 4 aromatic rings. The molecule has 0 radical (unpaired) electrons. The van der Waals surface area contributed by atoms with Crippen LogP contribution < -0.4 is 5.32 Å². The first-order valence-corrected chi connectivity index (χ1v) is 8.23. The fourth-order valence-corrected chi connectivity index (χ4v) is 2.88. The number of hydrogen-bond donors (Lipinski definition) is 1. The molecule has 0 aliphatic rings. The second-order valence-corrected chi connectivity index (χ2v) is 6.06. The van der Waals surface area contributed by atoms with E-state index in [4.69, 9.17) is 0 Å². The molecule has 2 heterocycles. The zero-order valence-electron chi connectivity index (χ0n) is 14.5. The second kappa shape index (κ2) is 6.59. The van der Waals surface area contributed by atoms with Crippen LogP contribution in [0.15, 0.2) is 54.9 Å². The molecule has 2 aromatic heterocycles. The Bertz CT molecular complexity index is 1150. The van der Waals surface area contributed by atoms with Gasteiger partial charge in [-0.15, -0.1) is 0 Å². The summed E-state index contributed by atoms with van der Waals surface area (Å²) >= 11 is 0. The number of aryl methyl sites for hydroxylation is 1. The van der Waals surface area contributed by atoms with Crippen LogP contribution in [-0.4, -0.2) is 19.5 Å². The Morgan fingerprint density at radius 2 is 1.71 bits per heavy atom. The quantitative estimate of drug-likeness (QED) is 0.501. The van der Waals surface area contributed by atoms with E-state index in [-0.39, 0.29) is 5.52 Å². The van der Waals surface area contributed by atoms with Crippen LogP contribution in [0.1, 0.15) is 11.4 Å². The van der Waals surface area contributed by atoms with Crippen LogP contribution in [0.5, 0.6) is 0 Å². The zero-order valence-corrected chi connectivity index (χ0v) is 14.5. The number of aromatic nitrogens is 4. The Morgan fingerprint density at radius 1 is 0.964 bits per heavy atom. The normalized spacial score (nSPS) is 11.8. The van der Waals surface area contributed by atoms with Gasteiger partial charge in [-0.2, -0.15) is 13.2 Å². The van der Waals surface area contributed by atoms with E-state index in [1.54, 1.807) is 23.6 Å². The van der Waals surface area contributed by atoms with Crippen LogP contribution in [0.2, 0.25) is 0 Å². The molecule has 4 rings (SSSR count). The van der Waals surface area contributed by atoms with Crippen LogP contribution in [0.25, 0.3) is 16.9 Å². The fourth-order valence-electron chi connectivity index (χ4n) is 2.88. The standard InChI is InChI=1S/C19H13F4N5/c1-11-25-18-14(20)3-2-4-15(18)28(11)17-10-24-9-16(27-17)26-13-7-5-12(6-8-13)19(21,22)23/h2-10H,1H3,(H,26,27). The minimum Gasteiger partial charge on any atom is -0.339 e. The van der Waals surface area contributed by atoms with Crippen molar-refractivity contribution in [1.29, 1.82) is 0 Å². The van der Waals surface area contributed by atoms with Gasteiger partial charge in [-0.3, -0.25) is 9.55 Å². The number of fused-ring (bicyclic) bond motifs is 1. The number of anilines is 2. The Kier molecular flexibility index (Phi) is 4.21. The minimum atomic E-state index is -4.40. The van der Waals surface area contributed by atoms with Gasteiger partial charge >= 0.3 is 6.18 Å². The number of hydrogen-bond acceptors (Lipinski definition) is 4. The molecule has 2 aromatic carbocycles. The van der Waals surface area contributed by atoms with Crippen molar-refractivity contribution in [2.75, 3.05) is 5.32 Å². The van der Waals surface area contributed by atoms with Crippen molar-refractivity contribution in [3.05, 3.63) is 72.1 Å². The van der Waals surface area contributed by atoms with Crippen molar-refractivity contribution in [2.24, 2.45) is 0 Å². The summed E-state index contributed by atoms with van der Waals surface area (Å²) in [6, 6.07) is 9.21. The molecule has 5 nitrogen and oxygen atoms in total. The average molecular weight is 387 g/mol. The van der Waals surface area contributed by atoms with E-state index < -0.39 is 17.6 Å². The fraction of sp³-hybridized carbons (Fsp3) is 0.105. The lowest BCUT2D eigenvalue weighted by Gasteiger charge is -2.11. The highest BCUT2D eigenvalue weighted by Gasteiger charge is 2.29. The predicted octanol–water partition coefficient (Wildman–Crippen LogP) is 5.03. The summed E-state index contributed by atoms with van der Waals surface area (Å²) in [6.45, 7) is 1.72. The first-order valence-electron chi connectivity index (χ1n) is 8.23. The topological polar surface area (TPSA) is 55.6 Å². The van der Waals surface area contributed by atoms with Gasteiger partial charge in [-0.25, -0.2) is 14.4 Å². The number of rotatable bonds is 3. The van der Waals surface area contributed by atoms with E-state index in [0.29, 0.717) is 28.7 Å². The van der Waals surface area contributed by atoms with Gasteiger partial charge < -0.3 is 5.32 Å². The third kappa shape index (κ3) is 3.26.